The van der Waals surface area contributed by atoms with Crippen molar-refractivity contribution in [1.82, 2.24) is 9.38 Å². The van der Waals surface area contributed by atoms with Gasteiger partial charge >= 0.3 is 0 Å². The van der Waals surface area contributed by atoms with Gasteiger partial charge in [0.15, 0.2) is 0 Å². The van der Waals surface area contributed by atoms with Crippen LogP contribution >= 0.6 is 15.9 Å². The zero-order chi connectivity index (χ0) is 10.4. The van der Waals surface area contributed by atoms with E-state index < -0.39 is 0 Å². The fourth-order valence-corrected chi connectivity index (χ4v) is 2.52. The highest BCUT2D eigenvalue weighted by Crippen LogP contribution is 2.27. The molecule has 0 aromatic carbocycles. The van der Waals surface area contributed by atoms with Crippen molar-refractivity contribution in [3.05, 3.63) is 40.3 Å². The van der Waals surface area contributed by atoms with Crippen LogP contribution in [0.15, 0.2) is 28.9 Å². The van der Waals surface area contributed by atoms with E-state index in [0.29, 0.717) is 0 Å². The van der Waals surface area contributed by atoms with Crippen LogP contribution in [0.25, 0.3) is 11.2 Å². The monoisotopic (exact) mass is 262 g/mol. The summed E-state index contributed by atoms with van der Waals surface area (Å²) in [5, 5.41) is 0. The summed E-state index contributed by atoms with van der Waals surface area (Å²) >= 11 is 3.50. The highest BCUT2D eigenvalue weighted by atomic mass is 79.9. The maximum Gasteiger partial charge on any atom is 0.137 e. The average Bonchev–Trinajstić information content (AvgIpc) is 2.57. The molecule has 1 aliphatic carbocycles. The Hall–Kier alpha value is -1.09. The third kappa shape index (κ3) is 1.34. The molecule has 2 nitrogen and oxygen atoms in total. The van der Waals surface area contributed by atoms with Gasteiger partial charge in [0.25, 0.3) is 0 Å². The van der Waals surface area contributed by atoms with Crippen molar-refractivity contribution in [1.29, 1.82) is 0 Å². The summed E-state index contributed by atoms with van der Waals surface area (Å²) in [6.07, 6.45) is 6.55. The van der Waals surface area contributed by atoms with E-state index in [1.165, 1.54) is 17.0 Å². The van der Waals surface area contributed by atoms with Crippen LogP contribution in [0.2, 0.25) is 0 Å². The number of halogens is 1. The predicted molar refractivity (Wildman–Crippen MR) is 64.9 cm³/mol. The largest absolute Gasteiger partial charge is 0.299 e. The van der Waals surface area contributed by atoms with E-state index >= 15 is 0 Å². The van der Waals surface area contributed by atoms with Crippen LogP contribution in [-0.4, -0.2) is 9.38 Å². The molecule has 0 saturated carbocycles. The lowest BCUT2D eigenvalue weighted by molar-refractivity contribution is 0.930. The lowest BCUT2D eigenvalue weighted by Crippen LogP contribution is -1.99. The number of imidazole rings is 1. The second-order valence-electron chi connectivity index (χ2n) is 3.91. The summed E-state index contributed by atoms with van der Waals surface area (Å²) < 4.78 is 3.26. The molecule has 0 N–H and O–H groups in total. The first kappa shape index (κ1) is 9.16. The molecular weight excluding hydrogens is 252 g/mol. The molecule has 0 atom stereocenters. The molecule has 2 aromatic rings. The van der Waals surface area contributed by atoms with Crippen molar-refractivity contribution in [2.45, 2.75) is 19.8 Å². The lowest BCUT2D eigenvalue weighted by Gasteiger charge is -2.09. The Morgan fingerprint density at radius 2 is 2.27 bits per heavy atom. The Labute approximate surface area is 96.8 Å². The Morgan fingerprint density at radius 3 is 3.13 bits per heavy atom. The van der Waals surface area contributed by atoms with Gasteiger partial charge in [-0.3, -0.25) is 4.40 Å². The number of aromatic nitrogens is 2. The van der Waals surface area contributed by atoms with E-state index in [4.69, 9.17) is 0 Å². The average molecular weight is 263 g/mol. The van der Waals surface area contributed by atoms with Gasteiger partial charge in [0.05, 0.1) is 11.4 Å². The van der Waals surface area contributed by atoms with E-state index in [1.54, 1.807) is 0 Å². The third-order valence-electron chi connectivity index (χ3n) is 2.86. The van der Waals surface area contributed by atoms with Gasteiger partial charge in [-0.15, -0.1) is 0 Å². The maximum absolute atomic E-state index is 4.65. The first-order valence-corrected chi connectivity index (χ1v) is 5.88. The Bertz CT molecular complexity index is 566. The fourth-order valence-electron chi connectivity index (χ4n) is 2.18. The summed E-state index contributed by atoms with van der Waals surface area (Å²) in [6, 6.07) is 4.09. The van der Waals surface area contributed by atoms with Gasteiger partial charge in [-0.05, 0) is 53.4 Å². The summed E-state index contributed by atoms with van der Waals surface area (Å²) in [6.45, 7) is 2.16. The van der Waals surface area contributed by atoms with Crippen molar-refractivity contribution < 1.29 is 0 Å². The molecule has 2 heterocycles. The van der Waals surface area contributed by atoms with Crippen molar-refractivity contribution in [3.8, 4) is 0 Å². The molecule has 0 bridgehead atoms. The number of nitrogens with zero attached hydrogens (tertiary/aromatic N) is 2. The highest BCUT2D eigenvalue weighted by molar-refractivity contribution is 9.10. The molecule has 0 radical (unpaired) electrons. The van der Waals surface area contributed by atoms with Crippen molar-refractivity contribution in [2.24, 2.45) is 0 Å². The van der Waals surface area contributed by atoms with Crippen molar-refractivity contribution >= 4 is 27.2 Å². The van der Waals surface area contributed by atoms with Crippen LogP contribution in [0.4, 0.5) is 0 Å². The van der Waals surface area contributed by atoms with Crippen LogP contribution in [0.3, 0.4) is 0 Å². The number of pyridine rings is 1. The van der Waals surface area contributed by atoms with Gasteiger partial charge in [0.2, 0.25) is 0 Å². The van der Waals surface area contributed by atoms with Gasteiger partial charge in [-0.2, -0.15) is 0 Å². The predicted octanol–water partition coefficient (Wildman–Crippen LogP) is 3.45. The molecule has 0 spiro atoms. The Kier molecular flexibility index (Phi) is 1.96. The normalized spacial score (nSPS) is 15.2. The second kappa shape index (κ2) is 3.20. The summed E-state index contributed by atoms with van der Waals surface area (Å²) in [5.74, 6) is 0. The number of aryl methyl sites for hydroxylation is 1. The minimum atomic E-state index is 1.04. The lowest BCUT2D eigenvalue weighted by atomic mass is 10.0. The fraction of sp³-hybridized carbons (Fsp3) is 0.250. The molecule has 3 heteroatoms. The van der Waals surface area contributed by atoms with Crippen molar-refractivity contribution in [2.75, 3.05) is 0 Å². The quantitative estimate of drug-likeness (QED) is 0.711. The first-order chi connectivity index (χ1) is 7.25. The van der Waals surface area contributed by atoms with Crippen LogP contribution in [-0.2, 0) is 6.42 Å². The van der Waals surface area contributed by atoms with Crippen molar-refractivity contribution in [3.63, 3.8) is 0 Å². The molecule has 15 heavy (non-hydrogen) atoms. The standard InChI is InChI=1S/C12H11BrN2/c1-8-3-2-4-10-12(8)15-7-9(13)5-6-11(15)14-10/h3,5-7H,2,4H2,1H3. The van der Waals surface area contributed by atoms with Crippen LogP contribution in [0.5, 0.6) is 0 Å². The van der Waals surface area contributed by atoms with E-state index in [0.717, 1.165) is 23.0 Å². The molecule has 3 rings (SSSR count). The SMILES string of the molecule is CC1=CCCc2nc3ccc(Br)cn3c21. The molecule has 0 fully saturated rings. The Balaban J connectivity index is 2.40. The molecule has 0 saturated heterocycles. The molecule has 0 unspecified atom stereocenters. The number of hydrogen-bond acceptors (Lipinski definition) is 1. The van der Waals surface area contributed by atoms with E-state index in [2.05, 4.69) is 50.6 Å². The maximum atomic E-state index is 4.65. The van der Waals surface area contributed by atoms with Gasteiger partial charge in [0.1, 0.15) is 5.65 Å². The molecule has 76 valence electrons. The third-order valence-corrected chi connectivity index (χ3v) is 3.33. The summed E-state index contributed by atoms with van der Waals surface area (Å²) in [4.78, 5) is 4.65. The van der Waals surface area contributed by atoms with E-state index in [9.17, 15) is 0 Å². The minimum Gasteiger partial charge on any atom is -0.299 e. The summed E-state index contributed by atoms with van der Waals surface area (Å²) in [7, 11) is 0. The smallest absolute Gasteiger partial charge is 0.137 e. The molecule has 0 aliphatic heterocycles. The van der Waals surface area contributed by atoms with E-state index in [1.807, 2.05) is 6.07 Å². The zero-order valence-electron chi connectivity index (χ0n) is 8.50. The van der Waals surface area contributed by atoms with Crippen LogP contribution < -0.4 is 0 Å². The van der Waals surface area contributed by atoms with E-state index in [-0.39, 0.29) is 0 Å². The van der Waals surface area contributed by atoms with Crippen LogP contribution in [0.1, 0.15) is 24.7 Å². The van der Waals surface area contributed by atoms with Crippen LogP contribution in [0, 0.1) is 0 Å². The number of fused-ring (bicyclic) bond motifs is 3. The molecule has 0 amide bonds. The zero-order valence-corrected chi connectivity index (χ0v) is 10.1. The number of hydrogen-bond donors (Lipinski definition) is 0. The first-order valence-electron chi connectivity index (χ1n) is 5.09. The van der Waals surface area contributed by atoms with Gasteiger partial charge in [-0.25, -0.2) is 4.98 Å². The minimum absolute atomic E-state index is 1.04. The Morgan fingerprint density at radius 1 is 1.40 bits per heavy atom. The molecule has 1 aliphatic rings. The molecular formula is C12H11BrN2. The number of rotatable bonds is 0. The second-order valence-corrected chi connectivity index (χ2v) is 4.82. The highest BCUT2D eigenvalue weighted by Gasteiger charge is 2.16. The molecule has 2 aromatic heterocycles. The van der Waals surface area contributed by atoms with Gasteiger partial charge in [0, 0.05) is 10.7 Å². The number of allylic oxidation sites excluding steroid dienone is 2. The summed E-state index contributed by atoms with van der Waals surface area (Å²) in [5.41, 5.74) is 4.88. The van der Waals surface area contributed by atoms with Gasteiger partial charge < -0.3 is 0 Å². The van der Waals surface area contributed by atoms with Gasteiger partial charge in [-0.1, -0.05) is 6.08 Å². The topological polar surface area (TPSA) is 17.3 Å².